The van der Waals surface area contributed by atoms with Crippen molar-refractivity contribution in [2.45, 2.75) is 149 Å². The van der Waals surface area contributed by atoms with Crippen molar-refractivity contribution in [2.24, 2.45) is 0 Å². The zero-order valence-corrected chi connectivity index (χ0v) is 24.4. The van der Waals surface area contributed by atoms with Crippen molar-refractivity contribution in [1.82, 2.24) is 0 Å². The van der Waals surface area contributed by atoms with Crippen molar-refractivity contribution in [3.05, 3.63) is 28.8 Å². The minimum atomic E-state index is -4.09. The molecule has 35 heavy (non-hydrogen) atoms. The lowest BCUT2D eigenvalue weighted by molar-refractivity contribution is 0.294. The van der Waals surface area contributed by atoms with Gasteiger partial charge < -0.3 is 14.5 Å². The van der Waals surface area contributed by atoms with E-state index in [0.29, 0.717) is 12.2 Å². The van der Waals surface area contributed by atoms with Crippen LogP contribution < -0.4 is 4.74 Å². The molecule has 0 saturated heterocycles. The summed E-state index contributed by atoms with van der Waals surface area (Å²) in [7, 11) is -4.09. The lowest BCUT2D eigenvalue weighted by Gasteiger charge is -2.25. The second kappa shape index (κ2) is 17.6. The smallest absolute Gasteiger partial charge is 0.329 e. The highest BCUT2D eigenvalue weighted by molar-refractivity contribution is 7.50. The first-order valence-corrected chi connectivity index (χ1v) is 16.2. The van der Waals surface area contributed by atoms with Gasteiger partial charge in [0.1, 0.15) is 5.75 Å². The number of aryl methyl sites for hydroxylation is 1. The number of ether oxygens (including phenoxy) is 1. The monoisotopic (exact) mass is 510 g/mol. The Hall–Kier alpha value is -0.830. The number of hydrogen-bond donors (Lipinski definition) is 2. The third kappa shape index (κ3) is 15.8. The molecular formula is C30H55O4P. The molecule has 0 saturated carbocycles. The molecule has 1 rings (SSSR count). The van der Waals surface area contributed by atoms with Crippen LogP contribution in [0.1, 0.15) is 147 Å². The van der Waals surface area contributed by atoms with E-state index in [-0.39, 0.29) is 11.6 Å². The second-order valence-electron chi connectivity index (χ2n) is 11.5. The van der Waals surface area contributed by atoms with E-state index in [4.69, 9.17) is 4.74 Å². The second-order valence-corrected chi connectivity index (χ2v) is 13.2. The van der Waals surface area contributed by atoms with Crippen LogP contribution in [0, 0.1) is 6.92 Å². The van der Waals surface area contributed by atoms with Crippen LogP contribution in [-0.2, 0) is 16.1 Å². The molecule has 0 radical (unpaired) electrons. The van der Waals surface area contributed by atoms with Crippen LogP contribution in [0.15, 0.2) is 12.1 Å². The molecule has 0 heterocycles. The van der Waals surface area contributed by atoms with Gasteiger partial charge in [0.25, 0.3) is 0 Å². The Bertz CT molecular complexity index is 733. The molecule has 0 aliphatic rings. The van der Waals surface area contributed by atoms with E-state index in [1.807, 2.05) is 19.1 Å². The molecule has 0 aromatic heterocycles. The fraction of sp³-hybridized carbons (Fsp3) is 0.800. The van der Waals surface area contributed by atoms with Crippen molar-refractivity contribution >= 4 is 7.60 Å². The standard InChI is InChI=1S/C30H55O4P/c1-6-7-8-9-10-11-12-13-14-15-16-17-18-19-20-21-22-34-29-26(2)23-27(25-35(31,32)33)24-28(29)30(3,4)5/h23-24H,6-22,25H2,1-5H3,(H2,31,32,33). The highest BCUT2D eigenvalue weighted by Gasteiger charge is 2.23. The average Bonchev–Trinajstić information content (AvgIpc) is 2.75. The topological polar surface area (TPSA) is 66.8 Å². The highest BCUT2D eigenvalue weighted by Crippen LogP contribution is 2.42. The summed E-state index contributed by atoms with van der Waals surface area (Å²) in [6, 6.07) is 3.77. The van der Waals surface area contributed by atoms with Crippen LogP contribution in [0.2, 0.25) is 0 Å². The number of hydrogen-bond acceptors (Lipinski definition) is 2. The zero-order chi connectivity index (χ0) is 26.2. The van der Waals surface area contributed by atoms with E-state index in [0.717, 1.165) is 23.3 Å². The molecule has 0 bridgehead atoms. The fourth-order valence-corrected chi connectivity index (χ4v) is 5.41. The summed E-state index contributed by atoms with van der Waals surface area (Å²) in [5.41, 5.74) is 2.50. The predicted octanol–water partition coefficient (Wildman–Crippen LogP) is 9.61. The summed E-state index contributed by atoms with van der Waals surface area (Å²) >= 11 is 0. The fourth-order valence-electron chi connectivity index (χ4n) is 4.75. The zero-order valence-electron chi connectivity index (χ0n) is 23.5. The summed E-state index contributed by atoms with van der Waals surface area (Å²) < 4.78 is 17.7. The first kappa shape index (κ1) is 32.2. The van der Waals surface area contributed by atoms with E-state index >= 15 is 0 Å². The van der Waals surface area contributed by atoms with Crippen molar-refractivity contribution in [3.63, 3.8) is 0 Å². The van der Waals surface area contributed by atoms with Crippen LogP contribution in [0.3, 0.4) is 0 Å². The molecule has 0 amide bonds. The maximum Gasteiger partial charge on any atom is 0.329 e. The minimum absolute atomic E-state index is 0.153. The third-order valence-electron chi connectivity index (χ3n) is 6.78. The van der Waals surface area contributed by atoms with Gasteiger partial charge in [-0.15, -0.1) is 0 Å². The van der Waals surface area contributed by atoms with Gasteiger partial charge in [0.05, 0.1) is 12.8 Å². The van der Waals surface area contributed by atoms with Gasteiger partial charge in [-0.2, -0.15) is 0 Å². The molecule has 0 aliphatic carbocycles. The normalized spacial score (nSPS) is 12.3. The van der Waals surface area contributed by atoms with Gasteiger partial charge in [0, 0.05) is 5.56 Å². The van der Waals surface area contributed by atoms with Crippen LogP contribution in [0.4, 0.5) is 0 Å². The van der Waals surface area contributed by atoms with E-state index in [1.165, 1.54) is 96.3 Å². The Balaban J connectivity index is 2.18. The van der Waals surface area contributed by atoms with Gasteiger partial charge in [-0.05, 0) is 29.9 Å². The van der Waals surface area contributed by atoms with E-state index < -0.39 is 7.60 Å². The van der Waals surface area contributed by atoms with Crippen LogP contribution in [-0.4, -0.2) is 16.4 Å². The average molecular weight is 511 g/mol. The molecule has 5 heteroatoms. The van der Waals surface area contributed by atoms with E-state index in [2.05, 4.69) is 27.7 Å². The molecule has 2 N–H and O–H groups in total. The quantitative estimate of drug-likeness (QED) is 0.135. The molecule has 0 fully saturated rings. The molecular weight excluding hydrogens is 455 g/mol. The Labute approximate surface area is 216 Å². The minimum Gasteiger partial charge on any atom is -0.493 e. The van der Waals surface area contributed by atoms with Crippen LogP contribution in [0.25, 0.3) is 0 Å². The van der Waals surface area contributed by atoms with E-state index in [1.54, 1.807) is 0 Å². The number of rotatable bonds is 20. The highest BCUT2D eigenvalue weighted by atomic mass is 31.2. The van der Waals surface area contributed by atoms with Crippen molar-refractivity contribution in [2.75, 3.05) is 6.61 Å². The molecule has 1 aromatic rings. The number of unbranched alkanes of at least 4 members (excludes halogenated alkanes) is 15. The van der Waals surface area contributed by atoms with Gasteiger partial charge in [-0.1, -0.05) is 136 Å². The Morgan fingerprint density at radius 3 is 1.57 bits per heavy atom. The summed E-state index contributed by atoms with van der Waals surface area (Å²) in [5.74, 6) is 0.882. The summed E-state index contributed by atoms with van der Waals surface area (Å²) in [5, 5.41) is 0. The molecule has 204 valence electrons. The third-order valence-corrected chi connectivity index (χ3v) is 7.55. The van der Waals surface area contributed by atoms with Gasteiger partial charge in [0.15, 0.2) is 0 Å². The van der Waals surface area contributed by atoms with Crippen LogP contribution >= 0.6 is 7.60 Å². The van der Waals surface area contributed by atoms with Crippen LogP contribution in [0.5, 0.6) is 5.75 Å². The lowest BCUT2D eigenvalue weighted by Crippen LogP contribution is -2.15. The SMILES string of the molecule is CCCCCCCCCCCCCCCCCCOc1c(C)cc(CP(=O)(O)O)cc1C(C)(C)C. The summed E-state index contributed by atoms with van der Waals surface area (Å²) in [4.78, 5) is 18.7. The molecule has 0 unspecified atom stereocenters. The Kier molecular flexibility index (Phi) is 16.2. The first-order chi connectivity index (χ1) is 16.5. The lowest BCUT2D eigenvalue weighted by atomic mass is 9.84. The van der Waals surface area contributed by atoms with Crippen molar-refractivity contribution < 1.29 is 19.1 Å². The number of benzene rings is 1. The molecule has 0 atom stereocenters. The predicted molar refractivity (Wildman–Crippen MR) is 151 cm³/mol. The maximum atomic E-state index is 11.5. The van der Waals surface area contributed by atoms with Crippen molar-refractivity contribution in [1.29, 1.82) is 0 Å². The molecule has 1 aromatic carbocycles. The van der Waals surface area contributed by atoms with E-state index in [9.17, 15) is 14.4 Å². The summed E-state index contributed by atoms with van der Waals surface area (Å²) in [6.45, 7) is 11.3. The van der Waals surface area contributed by atoms with Crippen molar-refractivity contribution in [3.8, 4) is 5.75 Å². The molecule has 0 aliphatic heterocycles. The largest absolute Gasteiger partial charge is 0.493 e. The Morgan fingerprint density at radius 1 is 0.743 bits per heavy atom. The summed E-state index contributed by atoms with van der Waals surface area (Å²) in [6.07, 6.45) is 21.4. The molecule has 0 spiro atoms. The Morgan fingerprint density at radius 2 is 1.17 bits per heavy atom. The van der Waals surface area contributed by atoms with Gasteiger partial charge in [-0.3, -0.25) is 4.57 Å². The van der Waals surface area contributed by atoms with Gasteiger partial charge >= 0.3 is 7.60 Å². The van der Waals surface area contributed by atoms with Gasteiger partial charge in [-0.25, -0.2) is 0 Å². The maximum absolute atomic E-state index is 11.5. The molecule has 4 nitrogen and oxygen atoms in total. The first-order valence-electron chi connectivity index (χ1n) is 14.4. The van der Waals surface area contributed by atoms with Gasteiger partial charge in [0.2, 0.25) is 0 Å².